The third kappa shape index (κ3) is 3.38. The molecular formula is C14H15NO5S. The summed E-state index contributed by atoms with van der Waals surface area (Å²) in [5.74, 6) is -1.33. The van der Waals surface area contributed by atoms with Gasteiger partial charge in [0.1, 0.15) is 6.04 Å². The molecule has 7 heteroatoms. The van der Waals surface area contributed by atoms with E-state index in [9.17, 15) is 17.8 Å². The zero-order chi connectivity index (χ0) is 15.6. The van der Waals surface area contributed by atoms with E-state index in [4.69, 9.17) is 5.11 Å². The second-order valence-electron chi connectivity index (χ2n) is 4.68. The Bertz CT molecular complexity index is 767. The molecule has 0 saturated carbocycles. The van der Waals surface area contributed by atoms with E-state index in [2.05, 4.69) is 0 Å². The Balaban J connectivity index is 2.47. The van der Waals surface area contributed by atoms with E-state index in [0.717, 1.165) is 10.8 Å². The van der Waals surface area contributed by atoms with Crippen molar-refractivity contribution < 1.29 is 22.9 Å². The van der Waals surface area contributed by atoms with Gasteiger partial charge in [-0.3, -0.25) is 9.35 Å². The van der Waals surface area contributed by atoms with Crippen molar-refractivity contribution >= 4 is 27.0 Å². The minimum atomic E-state index is -4.62. The van der Waals surface area contributed by atoms with Crippen LogP contribution in [0, 0.1) is 0 Å². The van der Waals surface area contributed by atoms with Crippen LogP contribution in [0.25, 0.3) is 10.8 Å². The van der Waals surface area contributed by atoms with Crippen molar-refractivity contribution in [1.82, 2.24) is 4.31 Å². The Hall–Kier alpha value is -1.96. The second kappa shape index (κ2) is 5.80. The van der Waals surface area contributed by atoms with Crippen LogP contribution in [-0.2, 0) is 21.6 Å². The molecule has 0 aliphatic carbocycles. The Labute approximate surface area is 122 Å². The number of aliphatic carboxylic acids is 1. The van der Waals surface area contributed by atoms with Crippen LogP contribution in [0.4, 0.5) is 0 Å². The molecule has 2 aromatic carbocycles. The highest BCUT2D eigenvalue weighted by atomic mass is 32.2. The normalized spacial score (nSPS) is 13.5. The van der Waals surface area contributed by atoms with Crippen LogP contribution >= 0.6 is 0 Å². The summed E-state index contributed by atoms with van der Waals surface area (Å²) in [4.78, 5) is 11.0. The first kappa shape index (κ1) is 15.4. The number of benzene rings is 2. The minimum Gasteiger partial charge on any atom is -0.480 e. The van der Waals surface area contributed by atoms with Gasteiger partial charge in [-0.05, 0) is 23.3 Å². The Morgan fingerprint density at radius 2 is 1.81 bits per heavy atom. The Morgan fingerprint density at radius 3 is 2.43 bits per heavy atom. The third-order valence-corrected chi connectivity index (χ3v) is 4.33. The average Bonchev–Trinajstić information content (AvgIpc) is 2.42. The molecule has 0 aromatic heterocycles. The van der Waals surface area contributed by atoms with E-state index < -0.39 is 22.3 Å². The van der Waals surface area contributed by atoms with E-state index in [0.29, 0.717) is 9.87 Å². The van der Waals surface area contributed by atoms with Gasteiger partial charge in [0.05, 0.1) is 0 Å². The Morgan fingerprint density at radius 1 is 1.19 bits per heavy atom. The molecule has 0 aliphatic heterocycles. The molecule has 0 fully saturated rings. The molecule has 112 valence electrons. The highest BCUT2D eigenvalue weighted by molar-refractivity contribution is 7.83. The first-order valence-electron chi connectivity index (χ1n) is 6.24. The molecule has 2 aromatic rings. The summed E-state index contributed by atoms with van der Waals surface area (Å²) in [6.07, 6.45) is 0. The van der Waals surface area contributed by atoms with Crippen LogP contribution in [0.2, 0.25) is 0 Å². The van der Waals surface area contributed by atoms with Crippen molar-refractivity contribution in [2.75, 3.05) is 0 Å². The predicted molar refractivity (Wildman–Crippen MR) is 78.1 cm³/mol. The summed E-state index contributed by atoms with van der Waals surface area (Å²) in [5, 5.41) is 10.7. The predicted octanol–water partition coefficient (Wildman–Crippen LogP) is 1.92. The SMILES string of the molecule is C[C@@H](C(=O)O)N(Cc1cccc2ccccc12)S(=O)(=O)O. The summed E-state index contributed by atoms with van der Waals surface area (Å²) >= 11 is 0. The molecule has 2 N–H and O–H groups in total. The van der Waals surface area contributed by atoms with E-state index in [1.165, 1.54) is 6.92 Å². The lowest BCUT2D eigenvalue weighted by molar-refractivity contribution is -0.141. The van der Waals surface area contributed by atoms with Crippen molar-refractivity contribution in [3.63, 3.8) is 0 Å². The first-order valence-corrected chi connectivity index (χ1v) is 7.64. The first-order chi connectivity index (χ1) is 9.80. The van der Waals surface area contributed by atoms with Gasteiger partial charge in [-0.25, -0.2) is 0 Å². The lowest BCUT2D eigenvalue weighted by Crippen LogP contribution is -2.42. The molecule has 0 radical (unpaired) electrons. The zero-order valence-corrected chi connectivity index (χ0v) is 12.1. The summed E-state index contributed by atoms with van der Waals surface area (Å²) in [5.41, 5.74) is 0.624. The van der Waals surface area contributed by atoms with Gasteiger partial charge in [0, 0.05) is 6.54 Å². The van der Waals surface area contributed by atoms with Crippen molar-refractivity contribution in [3.8, 4) is 0 Å². The van der Waals surface area contributed by atoms with Crippen molar-refractivity contribution in [3.05, 3.63) is 48.0 Å². The largest absolute Gasteiger partial charge is 0.480 e. The zero-order valence-electron chi connectivity index (χ0n) is 11.3. The molecule has 0 saturated heterocycles. The molecule has 6 nitrogen and oxygen atoms in total. The maximum atomic E-state index is 11.4. The van der Waals surface area contributed by atoms with Gasteiger partial charge in [0.2, 0.25) is 0 Å². The molecular weight excluding hydrogens is 294 g/mol. The maximum absolute atomic E-state index is 11.4. The van der Waals surface area contributed by atoms with Crippen molar-refractivity contribution in [2.45, 2.75) is 19.5 Å². The number of nitrogens with zero attached hydrogens (tertiary/aromatic N) is 1. The minimum absolute atomic E-state index is 0.215. The van der Waals surface area contributed by atoms with E-state index in [-0.39, 0.29) is 6.54 Å². The molecule has 0 amide bonds. The number of rotatable bonds is 5. The summed E-state index contributed by atoms with van der Waals surface area (Å²) in [7, 11) is -4.62. The summed E-state index contributed by atoms with van der Waals surface area (Å²) in [6.45, 7) is 0.995. The highest BCUT2D eigenvalue weighted by Gasteiger charge is 2.30. The Kier molecular flexibility index (Phi) is 4.26. The maximum Gasteiger partial charge on any atom is 0.337 e. The molecule has 21 heavy (non-hydrogen) atoms. The van der Waals surface area contributed by atoms with Gasteiger partial charge >= 0.3 is 16.3 Å². The number of fused-ring (bicyclic) bond motifs is 1. The van der Waals surface area contributed by atoms with Gasteiger partial charge in [0.15, 0.2) is 0 Å². The summed E-state index contributed by atoms with van der Waals surface area (Å²) in [6, 6.07) is 11.3. The fourth-order valence-corrected chi connectivity index (χ4v) is 2.93. The molecule has 0 unspecified atom stereocenters. The van der Waals surface area contributed by atoms with Gasteiger partial charge in [-0.1, -0.05) is 42.5 Å². The number of carbonyl (C=O) groups is 1. The fraction of sp³-hybridized carbons (Fsp3) is 0.214. The van der Waals surface area contributed by atoms with E-state index in [1.807, 2.05) is 30.3 Å². The van der Waals surface area contributed by atoms with Gasteiger partial charge < -0.3 is 5.11 Å². The van der Waals surface area contributed by atoms with E-state index >= 15 is 0 Å². The third-order valence-electron chi connectivity index (χ3n) is 3.29. The monoisotopic (exact) mass is 309 g/mol. The number of hydrogen-bond acceptors (Lipinski definition) is 3. The quantitative estimate of drug-likeness (QED) is 0.823. The standard InChI is InChI=1S/C14H15NO5S/c1-10(14(16)17)15(21(18,19)20)9-12-7-4-6-11-5-2-3-8-13(11)12/h2-8,10H,9H2,1H3,(H,16,17)(H,18,19,20)/t10-/m0/s1. The molecule has 0 bridgehead atoms. The van der Waals surface area contributed by atoms with Gasteiger partial charge in [0.25, 0.3) is 0 Å². The second-order valence-corrected chi connectivity index (χ2v) is 6.04. The summed E-state index contributed by atoms with van der Waals surface area (Å²) < 4.78 is 32.7. The van der Waals surface area contributed by atoms with Crippen LogP contribution in [0.1, 0.15) is 12.5 Å². The van der Waals surface area contributed by atoms with Crippen LogP contribution in [-0.4, -0.2) is 34.4 Å². The molecule has 0 heterocycles. The topological polar surface area (TPSA) is 94.9 Å². The molecule has 2 rings (SSSR count). The number of carboxylic acids is 1. The molecule has 0 spiro atoms. The van der Waals surface area contributed by atoms with Crippen LogP contribution in [0.3, 0.4) is 0 Å². The number of carboxylic acid groups (broad SMARTS) is 1. The number of hydrogen-bond donors (Lipinski definition) is 2. The fourth-order valence-electron chi connectivity index (χ4n) is 2.14. The van der Waals surface area contributed by atoms with Crippen molar-refractivity contribution in [1.29, 1.82) is 0 Å². The van der Waals surface area contributed by atoms with Crippen LogP contribution in [0.15, 0.2) is 42.5 Å². The lowest BCUT2D eigenvalue weighted by Gasteiger charge is -2.23. The highest BCUT2D eigenvalue weighted by Crippen LogP contribution is 2.22. The van der Waals surface area contributed by atoms with Gasteiger partial charge in [-0.2, -0.15) is 12.7 Å². The molecule has 0 aliphatic rings. The average molecular weight is 309 g/mol. The lowest BCUT2D eigenvalue weighted by atomic mass is 10.0. The van der Waals surface area contributed by atoms with E-state index in [1.54, 1.807) is 12.1 Å². The van der Waals surface area contributed by atoms with Crippen molar-refractivity contribution in [2.24, 2.45) is 0 Å². The van der Waals surface area contributed by atoms with Crippen LogP contribution < -0.4 is 0 Å². The smallest absolute Gasteiger partial charge is 0.337 e. The van der Waals surface area contributed by atoms with Crippen LogP contribution in [0.5, 0.6) is 0 Å². The van der Waals surface area contributed by atoms with Gasteiger partial charge in [-0.15, -0.1) is 0 Å². The molecule has 1 atom stereocenters.